The van der Waals surface area contributed by atoms with Crippen molar-refractivity contribution in [3.63, 3.8) is 0 Å². The second-order valence-corrected chi connectivity index (χ2v) is 5.84. The molecule has 1 unspecified atom stereocenters. The van der Waals surface area contributed by atoms with Gasteiger partial charge in [-0.2, -0.15) is 0 Å². The summed E-state index contributed by atoms with van der Waals surface area (Å²) in [6, 6.07) is 15.2. The fourth-order valence-corrected chi connectivity index (χ4v) is 2.90. The molecule has 0 saturated carbocycles. The Hall–Kier alpha value is -2.37. The molecule has 1 aliphatic rings. The van der Waals surface area contributed by atoms with Gasteiger partial charge in [-0.3, -0.25) is 4.98 Å². The highest BCUT2D eigenvalue weighted by molar-refractivity contribution is 5.66. The summed E-state index contributed by atoms with van der Waals surface area (Å²) in [4.78, 5) is 4.08. The molecule has 3 rings (SSSR count). The Labute approximate surface area is 138 Å². The molecule has 1 atom stereocenters. The highest BCUT2D eigenvalue weighted by Crippen LogP contribution is 2.24. The zero-order valence-corrected chi connectivity index (χ0v) is 13.3. The van der Waals surface area contributed by atoms with Gasteiger partial charge in [-0.05, 0) is 42.5 Å². The number of hydrogen-bond acceptors (Lipinski definition) is 2. The third-order valence-corrected chi connectivity index (χ3v) is 4.11. The Balaban J connectivity index is 1.45. The van der Waals surface area contributed by atoms with E-state index in [2.05, 4.69) is 58.5 Å². The summed E-state index contributed by atoms with van der Waals surface area (Å²) in [5.74, 6) is 6.42. The predicted molar refractivity (Wildman–Crippen MR) is 95.8 cm³/mol. The smallest absolute Gasteiger partial charge is 0.0428 e. The molecular formula is C21H22N2. The average Bonchev–Trinajstić information content (AvgIpc) is 2.63. The van der Waals surface area contributed by atoms with Gasteiger partial charge in [0, 0.05) is 37.0 Å². The van der Waals surface area contributed by atoms with Crippen LogP contribution in [-0.2, 0) is 0 Å². The van der Waals surface area contributed by atoms with Crippen LogP contribution in [0.25, 0.3) is 5.57 Å². The second kappa shape index (κ2) is 8.31. The number of benzene rings is 1. The van der Waals surface area contributed by atoms with Gasteiger partial charge in [0.05, 0.1) is 0 Å². The monoisotopic (exact) mass is 302 g/mol. The fraction of sp³-hybridized carbons (Fsp3) is 0.286. The van der Waals surface area contributed by atoms with Crippen molar-refractivity contribution in [2.75, 3.05) is 6.54 Å². The Kier molecular flexibility index (Phi) is 5.61. The van der Waals surface area contributed by atoms with Crippen LogP contribution in [0.5, 0.6) is 0 Å². The van der Waals surface area contributed by atoms with Gasteiger partial charge in [-0.1, -0.05) is 48.2 Å². The molecule has 2 heterocycles. The maximum absolute atomic E-state index is 4.08. The zero-order chi connectivity index (χ0) is 15.7. The van der Waals surface area contributed by atoms with Crippen LogP contribution in [0.3, 0.4) is 0 Å². The number of aromatic nitrogens is 1. The Morgan fingerprint density at radius 1 is 1.13 bits per heavy atom. The Morgan fingerprint density at radius 3 is 2.87 bits per heavy atom. The van der Waals surface area contributed by atoms with Gasteiger partial charge < -0.3 is 5.32 Å². The average molecular weight is 302 g/mol. The van der Waals surface area contributed by atoms with E-state index in [1.54, 1.807) is 6.20 Å². The number of rotatable bonds is 4. The topological polar surface area (TPSA) is 24.9 Å². The van der Waals surface area contributed by atoms with Crippen LogP contribution in [0.15, 0.2) is 60.9 Å². The molecule has 0 amide bonds. The maximum Gasteiger partial charge on any atom is 0.0428 e. The largest absolute Gasteiger partial charge is 0.310 e. The van der Waals surface area contributed by atoms with Crippen molar-refractivity contribution in [1.82, 2.24) is 10.3 Å². The van der Waals surface area contributed by atoms with Crippen LogP contribution >= 0.6 is 0 Å². The van der Waals surface area contributed by atoms with E-state index < -0.39 is 0 Å². The summed E-state index contributed by atoms with van der Waals surface area (Å²) >= 11 is 0. The lowest BCUT2D eigenvalue weighted by Crippen LogP contribution is -2.32. The molecule has 1 aliphatic heterocycles. The third kappa shape index (κ3) is 4.81. The van der Waals surface area contributed by atoms with E-state index in [0.717, 1.165) is 31.4 Å². The summed E-state index contributed by atoms with van der Waals surface area (Å²) in [5, 5.41) is 3.59. The molecule has 1 aromatic heterocycles. The molecule has 1 N–H and O–H groups in total. The van der Waals surface area contributed by atoms with Gasteiger partial charge in [0.25, 0.3) is 0 Å². The van der Waals surface area contributed by atoms with Crippen LogP contribution in [0.4, 0.5) is 0 Å². The molecule has 0 fully saturated rings. The van der Waals surface area contributed by atoms with E-state index in [9.17, 15) is 0 Å². The summed E-state index contributed by atoms with van der Waals surface area (Å²) in [6.07, 6.45) is 10.3. The van der Waals surface area contributed by atoms with Gasteiger partial charge in [-0.15, -0.1) is 0 Å². The highest BCUT2D eigenvalue weighted by atomic mass is 14.9. The van der Waals surface area contributed by atoms with Crippen molar-refractivity contribution in [1.29, 1.82) is 0 Å². The van der Waals surface area contributed by atoms with Crippen molar-refractivity contribution in [3.05, 3.63) is 72.1 Å². The predicted octanol–water partition coefficient (Wildman–Crippen LogP) is 4.05. The summed E-state index contributed by atoms with van der Waals surface area (Å²) in [7, 11) is 0. The van der Waals surface area contributed by atoms with E-state index in [4.69, 9.17) is 0 Å². The molecule has 2 heteroatoms. The van der Waals surface area contributed by atoms with Crippen LogP contribution in [0, 0.1) is 11.8 Å². The number of hydrogen-bond donors (Lipinski definition) is 1. The van der Waals surface area contributed by atoms with E-state index >= 15 is 0 Å². The second-order valence-electron chi connectivity index (χ2n) is 5.84. The van der Waals surface area contributed by atoms with Crippen LogP contribution in [0.1, 0.15) is 36.8 Å². The minimum atomic E-state index is 0.565. The first-order chi connectivity index (χ1) is 11.4. The minimum absolute atomic E-state index is 0.565. The normalized spacial score (nSPS) is 17.0. The lowest BCUT2D eigenvalue weighted by Gasteiger charge is -2.24. The lowest BCUT2D eigenvalue weighted by atomic mass is 9.93. The molecule has 116 valence electrons. The molecule has 0 spiro atoms. The molecule has 0 bridgehead atoms. The molecule has 1 aromatic carbocycles. The standard InChI is InChI=1S/C21H22N2/c1(3-8-18-9-7-14-22-17-18)6-12-21-16-20(13-15-23-21)19-10-4-2-5-11-19/h2,4-5,7,9-11,13-14,17,21,23H,1,6,12,15-16H2. The van der Waals surface area contributed by atoms with Crippen molar-refractivity contribution in [2.24, 2.45) is 0 Å². The molecular weight excluding hydrogens is 280 g/mol. The fourth-order valence-electron chi connectivity index (χ4n) is 2.90. The third-order valence-electron chi connectivity index (χ3n) is 4.11. The van der Waals surface area contributed by atoms with Crippen molar-refractivity contribution >= 4 is 5.57 Å². The quantitative estimate of drug-likeness (QED) is 0.681. The number of nitrogens with zero attached hydrogens (tertiary/aromatic N) is 1. The lowest BCUT2D eigenvalue weighted by molar-refractivity contribution is 0.489. The molecule has 2 nitrogen and oxygen atoms in total. The molecule has 0 saturated heterocycles. The summed E-state index contributed by atoms with van der Waals surface area (Å²) < 4.78 is 0. The van der Waals surface area contributed by atoms with E-state index in [1.165, 1.54) is 17.6 Å². The number of pyridine rings is 1. The van der Waals surface area contributed by atoms with Crippen LogP contribution in [-0.4, -0.2) is 17.6 Å². The van der Waals surface area contributed by atoms with Crippen molar-refractivity contribution in [2.45, 2.75) is 31.7 Å². The van der Waals surface area contributed by atoms with Gasteiger partial charge in [0.15, 0.2) is 0 Å². The number of unbranched alkanes of at least 4 members (excludes halogenated alkanes) is 1. The van der Waals surface area contributed by atoms with Gasteiger partial charge >= 0.3 is 0 Å². The van der Waals surface area contributed by atoms with Gasteiger partial charge in [-0.25, -0.2) is 0 Å². The maximum atomic E-state index is 4.08. The van der Waals surface area contributed by atoms with Gasteiger partial charge in [0.2, 0.25) is 0 Å². The first-order valence-electron chi connectivity index (χ1n) is 8.28. The highest BCUT2D eigenvalue weighted by Gasteiger charge is 2.15. The molecule has 0 aliphatic carbocycles. The van der Waals surface area contributed by atoms with Crippen LogP contribution < -0.4 is 5.32 Å². The van der Waals surface area contributed by atoms with Crippen molar-refractivity contribution in [3.8, 4) is 11.8 Å². The van der Waals surface area contributed by atoms with Crippen LogP contribution in [0.2, 0.25) is 0 Å². The summed E-state index contributed by atoms with van der Waals surface area (Å²) in [5.41, 5.74) is 3.82. The molecule has 2 aromatic rings. The van der Waals surface area contributed by atoms with E-state index in [1.807, 2.05) is 18.3 Å². The Morgan fingerprint density at radius 2 is 2.04 bits per heavy atom. The van der Waals surface area contributed by atoms with E-state index in [-0.39, 0.29) is 0 Å². The number of nitrogens with one attached hydrogen (secondary N) is 1. The zero-order valence-electron chi connectivity index (χ0n) is 13.3. The van der Waals surface area contributed by atoms with Crippen molar-refractivity contribution < 1.29 is 0 Å². The SMILES string of the molecule is C(#Cc1cccnc1)CCCC1CC(c2ccccc2)=CCN1. The van der Waals surface area contributed by atoms with Gasteiger partial charge in [0.1, 0.15) is 0 Å². The first-order valence-corrected chi connectivity index (χ1v) is 8.28. The minimum Gasteiger partial charge on any atom is -0.310 e. The summed E-state index contributed by atoms with van der Waals surface area (Å²) in [6.45, 7) is 0.969. The first kappa shape index (κ1) is 15.5. The molecule has 0 radical (unpaired) electrons. The van der Waals surface area contributed by atoms with E-state index in [0.29, 0.717) is 6.04 Å². The molecule has 23 heavy (non-hydrogen) atoms. The Bertz CT molecular complexity index is 693.